The maximum absolute atomic E-state index is 5.67. The largest absolute Gasteiger partial charge is 0.378 e. The van der Waals surface area contributed by atoms with Gasteiger partial charge in [-0.25, -0.2) is 0 Å². The molecule has 1 aliphatic heterocycles. The molecule has 0 aromatic rings. The van der Waals surface area contributed by atoms with Crippen LogP contribution in [-0.4, -0.2) is 38.5 Å². The van der Waals surface area contributed by atoms with E-state index in [-0.39, 0.29) is 5.60 Å². The Kier molecular flexibility index (Phi) is 6.45. The lowest BCUT2D eigenvalue weighted by Gasteiger charge is -2.36. The van der Waals surface area contributed by atoms with Gasteiger partial charge in [-0.05, 0) is 52.5 Å². The summed E-state index contributed by atoms with van der Waals surface area (Å²) in [6.07, 6.45) is 7.62. The van der Waals surface area contributed by atoms with Crippen molar-refractivity contribution in [2.45, 2.75) is 70.1 Å². The lowest BCUT2D eigenvalue weighted by molar-refractivity contribution is -0.0305. The standard InChI is InChI=1S/C14H29NO2/c1-5-14(2,16-4)13(15-3)10-6-8-12-9-7-11-17-12/h12-13,15H,5-11H2,1-4H3. The first-order valence-corrected chi connectivity index (χ1v) is 7.00. The molecule has 102 valence electrons. The fraction of sp³-hybridized carbons (Fsp3) is 1.00. The Bertz CT molecular complexity index is 198. The van der Waals surface area contributed by atoms with E-state index in [4.69, 9.17) is 9.47 Å². The molecule has 0 aromatic heterocycles. The van der Waals surface area contributed by atoms with Gasteiger partial charge >= 0.3 is 0 Å². The van der Waals surface area contributed by atoms with Crippen LogP contribution >= 0.6 is 0 Å². The van der Waals surface area contributed by atoms with Crippen molar-refractivity contribution in [1.82, 2.24) is 5.32 Å². The first-order chi connectivity index (χ1) is 8.16. The van der Waals surface area contributed by atoms with Gasteiger partial charge in [0, 0.05) is 19.8 Å². The zero-order valence-electron chi connectivity index (χ0n) is 11.9. The molecule has 0 aliphatic carbocycles. The topological polar surface area (TPSA) is 30.5 Å². The molecule has 1 rings (SSSR count). The smallest absolute Gasteiger partial charge is 0.0800 e. The van der Waals surface area contributed by atoms with E-state index in [9.17, 15) is 0 Å². The van der Waals surface area contributed by atoms with Crippen molar-refractivity contribution in [3.05, 3.63) is 0 Å². The zero-order valence-corrected chi connectivity index (χ0v) is 11.9. The van der Waals surface area contributed by atoms with E-state index >= 15 is 0 Å². The minimum atomic E-state index is -0.0503. The van der Waals surface area contributed by atoms with Crippen LogP contribution in [0.5, 0.6) is 0 Å². The first kappa shape index (κ1) is 14.9. The minimum Gasteiger partial charge on any atom is -0.378 e. The molecule has 3 nitrogen and oxygen atoms in total. The van der Waals surface area contributed by atoms with Gasteiger partial charge in [0.2, 0.25) is 0 Å². The molecule has 1 heterocycles. The molecule has 0 aromatic carbocycles. The summed E-state index contributed by atoms with van der Waals surface area (Å²) < 4.78 is 11.3. The minimum absolute atomic E-state index is 0.0503. The van der Waals surface area contributed by atoms with Crippen molar-refractivity contribution >= 4 is 0 Å². The SMILES string of the molecule is CCC(C)(OC)C(CCCC1CCCO1)NC. The zero-order chi connectivity index (χ0) is 12.7. The lowest BCUT2D eigenvalue weighted by atomic mass is 9.89. The predicted molar refractivity (Wildman–Crippen MR) is 71.4 cm³/mol. The van der Waals surface area contributed by atoms with E-state index in [1.807, 2.05) is 14.2 Å². The molecular formula is C14H29NO2. The van der Waals surface area contributed by atoms with Crippen molar-refractivity contribution in [3.8, 4) is 0 Å². The van der Waals surface area contributed by atoms with Crippen LogP contribution in [0.2, 0.25) is 0 Å². The predicted octanol–water partition coefficient (Wildman–Crippen LogP) is 2.74. The summed E-state index contributed by atoms with van der Waals surface area (Å²) in [5.41, 5.74) is -0.0503. The van der Waals surface area contributed by atoms with E-state index in [0.717, 1.165) is 19.4 Å². The van der Waals surface area contributed by atoms with E-state index < -0.39 is 0 Å². The lowest BCUT2D eigenvalue weighted by Crippen LogP contribution is -2.48. The molecule has 1 N–H and O–H groups in total. The van der Waals surface area contributed by atoms with Gasteiger partial charge in [-0.1, -0.05) is 6.92 Å². The van der Waals surface area contributed by atoms with Gasteiger partial charge in [0.1, 0.15) is 0 Å². The quantitative estimate of drug-likeness (QED) is 0.711. The van der Waals surface area contributed by atoms with E-state index in [0.29, 0.717) is 12.1 Å². The Balaban J connectivity index is 2.30. The maximum atomic E-state index is 5.67. The third-order valence-corrected chi connectivity index (χ3v) is 4.30. The number of methoxy groups -OCH3 is 1. The van der Waals surface area contributed by atoms with Crippen LogP contribution in [0.15, 0.2) is 0 Å². The van der Waals surface area contributed by atoms with E-state index in [2.05, 4.69) is 19.2 Å². The van der Waals surface area contributed by atoms with Gasteiger partial charge in [-0.2, -0.15) is 0 Å². The number of likely N-dealkylation sites (N-methyl/N-ethyl adjacent to an activating group) is 1. The monoisotopic (exact) mass is 243 g/mol. The Morgan fingerprint density at radius 1 is 1.53 bits per heavy atom. The summed E-state index contributed by atoms with van der Waals surface area (Å²) in [5.74, 6) is 0. The Morgan fingerprint density at radius 3 is 2.76 bits per heavy atom. The second-order valence-electron chi connectivity index (χ2n) is 5.28. The summed E-state index contributed by atoms with van der Waals surface area (Å²) in [4.78, 5) is 0. The Labute approximate surface area is 106 Å². The molecule has 3 unspecified atom stereocenters. The highest BCUT2D eigenvalue weighted by Gasteiger charge is 2.31. The Hall–Kier alpha value is -0.120. The first-order valence-electron chi connectivity index (χ1n) is 7.00. The molecular weight excluding hydrogens is 214 g/mol. The molecule has 3 heteroatoms. The highest BCUT2D eigenvalue weighted by molar-refractivity contribution is 4.87. The third-order valence-electron chi connectivity index (χ3n) is 4.30. The summed E-state index contributed by atoms with van der Waals surface area (Å²) in [5, 5.41) is 3.40. The maximum Gasteiger partial charge on any atom is 0.0800 e. The normalized spacial score (nSPS) is 25.8. The number of nitrogens with one attached hydrogen (secondary N) is 1. The van der Waals surface area contributed by atoms with Gasteiger partial charge in [0.05, 0.1) is 11.7 Å². The summed E-state index contributed by atoms with van der Waals surface area (Å²) in [7, 11) is 3.84. The summed E-state index contributed by atoms with van der Waals surface area (Å²) in [6, 6.07) is 0.430. The average molecular weight is 243 g/mol. The molecule has 1 saturated heterocycles. The van der Waals surface area contributed by atoms with Crippen LogP contribution in [0.4, 0.5) is 0 Å². The second kappa shape index (κ2) is 7.34. The van der Waals surface area contributed by atoms with Crippen LogP contribution in [0.1, 0.15) is 52.4 Å². The molecule has 0 spiro atoms. The van der Waals surface area contributed by atoms with Crippen LogP contribution in [0.25, 0.3) is 0 Å². The number of hydrogen-bond donors (Lipinski definition) is 1. The molecule has 3 atom stereocenters. The van der Waals surface area contributed by atoms with Crippen molar-refractivity contribution < 1.29 is 9.47 Å². The van der Waals surface area contributed by atoms with Gasteiger partial charge in [-0.15, -0.1) is 0 Å². The number of hydrogen-bond acceptors (Lipinski definition) is 3. The van der Waals surface area contributed by atoms with Crippen LogP contribution < -0.4 is 5.32 Å². The molecule has 17 heavy (non-hydrogen) atoms. The van der Waals surface area contributed by atoms with Gasteiger partial charge in [0.25, 0.3) is 0 Å². The molecule has 0 saturated carbocycles. The van der Waals surface area contributed by atoms with Crippen molar-refractivity contribution in [3.63, 3.8) is 0 Å². The average Bonchev–Trinajstić information content (AvgIpc) is 2.87. The molecule has 0 radical (unpaired) electrons. The fourth-order valence-electron chi connectivity index (χ4n) is 2.71. The van der Waals surface area contributed by atoms with E-state index in [1.54, 1.807) is 0 Å². The van der Waals surface area contributed by atoms with Crippen LogP contribution in [0.3, 0.4) is 0 Å². The number of rotatable bonds is 8. The summed E-state index contributed by atoms with van der Waals surface area (Å²) in [6.45, 7) is 5.35. The van der Waals surface area contributed by atoms with E-state index in [1.165, 1.54) is 25.7 Å². The fourth-order valence-corrected chi connectivity index (χ4v) is 2.71. The highest BCUT2D eigenvalue weighted by Crippen LogP contribution is 2.24. The molecule has 1 aliphatic rings. The third kappa shape index (κ3) is 4.23. The Morgan fingerprint density at radius 2 is 2.29 bits per heavy atom. The second-order valence-corrected chi connectivity index (χ2v) is 5.28. The highest BCUT2D eigenvalue weighted by atomic mass is 16.5. The van der Waals surface area contributed by atoms with Crippen molar-refractivity contribution in [1.29, 1.82) is 0 Å². The molecule has 1 fully saturated rings. The summed E-state index contributed by atoms with van der Waals surface area (Å²) >= 11 is 0. The number of ether oxygens (including phenoxy) is 2. The van der Waals surface area contributed by atoms with Gasteiger partial charge in [0.15, 0.2) is 0 Å². The van der Waals surface area contributed by atoms with Crippen molar-refractivity contribution in [2.75, 3.05) is 20.8 Å². The van der Waals surface area contributed by atoms with Crippen molar-refractivity contribution in [2.24, 2.45) is 0 Å². The van der Waals surface area contributed by atoms with Gasteiger partial charge < -0.3 is 14.8 Å². The van der Waals surface area contributed by atoms with Gasteiger partial charge in [-0.3, -0.25) is 0 Å². The van der Waals surface area contributed by atoms with Crippen LogP contribution in [0, 0.1) is 0 Å². The van der Waals surface area contributed by atoms with Crippen LogP contribution in [-0.2, 0) is 9.47 Å². The molecule has 0 amide bonds. The molecule has 0 bridgehead atoms.